The molecule has 2 nitrogen and oxygen atoms in total. The summed E-state index contributed by atoms with van der Waals surface area (Å²) in [6, 6.07) is 0. The third-order valence-electron chi connectivity index (χ3n) is 1.53. The second kappa shape index (κ2) is 3.42. The summed E-state index contributed by atoms with van der Waals surface area (Å²) in [5.74, 6) is 0.832. The molecule has 0 radical (unpaired) electrons. The highest BCUT2D eigenvalue weighted by Crippen LogP contribution is 2.12. The monoisotopic (exact) mass is 140 g/mol. The minimum atomic E-state index is 0.210. The zero-order valence-electron chi connectivity index (χ0n) is 6.17. The summed E-state index contributed by atoms with van der Waals surface area (Å²) in [4.78, 5) is 0. The summed E-state index contributed by atoms with van der Waals surface area (Å²) in [6.07, 6.45) is 4.79. The fourth-order valence-electron chi connectivity index (χ4n) is 0.920. The van der Waals surface area contributed by atoms with Crippen molar-refractivity contribution in [3.63, 3.8) is 0 Å². The molecule has 0 N–H and O–H groups in total. The molecule has 0 unspecified atom stereocenters. The highest BCUT2D eigenvalue weighted by Gasteiger charge is 2.10. The van der Waals surface area contributed by atoms with Gasteiger partial charge in [0.05, 0.1) is 12.7 Å². The van der Waals surface area contributed by atoms with Crippen LogP contribution in [0.2, 0.25) is 0 Å². The Bertz CT molecular complexity index is 149. The SMILES string of the molecule is C=CC1=C[C@H](OC)CCO1. The second-order valence-corrected chi connectivity index (χ2v) is 2.18. The number of ether oxygens (including phenoxy) is 2. The maximum Gasteiger partial charge on any atom is 0.117 e. The van der Waals surface area contributed by atoms with E-state index in [1.54, 1.807) is 13.2 Å². The Labute approximate surface area is 61.1 Å². The first kappa shape index (κ1) is 7.35. The highest BCUT2D eigenvalue weighted by atomic mass is 16.5. The van der Waals surface area contributed by atoms with Gasteiger partial charge < -0.3 is 9.47 Å². The predicted molar refractivity (Wildman–Crippen MR) is 39.6 cm³/mol. The molecule has 0 amide bonds. The van der Waals surface area contributed by atoms with Crippen LogP contribution in [0.5, 0.6) is 0 Å². The molecule has 1 heterocycles. The van der Waals surface area contributed by atoms with Crippen molar-refractivity contribution in [2.45, 2.75) is 12.5 Å². The van der Waals surface area contributed by atoms with Crippen LogP contribution in [-0.4, -0.2) is 19.8 Å². The summed E-state index contributed by atoms with van der Waals surface area (Å²) >= 11 is 0. The Morgan fingerprint density at radius 3 is 3.30 bits per heavy atom. The lowest BCUT2D eigenvalue weighted by atomic mass is 10.2. The third kappa shape index (κ3) is 1.61. The Kier molecular flexibility index (Phi) is 2.51. The Hall–Kier alpha value is -0.760. The van der Waals surface area contributed by atoms with Crippen molar-refractivity contribution in [2.24, 2.45) is 0 Å². The molecular formula is C8H12O2. The van der Waals surface area contributed by atoms with Gasteiger partial charge in [-0.2, -0.15) is 0 Å². The smallest absolute Gasteiger partial charge is 0.117 e. The van der Waals surface area contributed by atoms with Gasteiger partial charge in [0.1, 0.15) is 5.76 Å². The van der Waals surface area contributed by atoms with E-state index in [4.69, 9.17) is 9.47 Å². The molecule has 1 aliphatic rings. The number of hydrogen-bond acceptors (Lipinski definition) is 2. The van der Waals surface area contributed by atoms with Gasteiger partial charge in [-0.05, 0) is 12.2 Å². The lowest BCUT2D eigenvalue weighted by Gasteiger charge is -2.18. The lowest BCUT2D eigenvalue weighted by molar-refractivity contribution is 0.0800. The standard InChI is InChI=1S/C8H12O2/c1-3-7-6-8(9-2)4-5-10-7/h3,6,8H,1,4-5H2,2H3/t8-/m1/s1. The van der Waals surface area contributed by atoms with Crippen molar-refractivity contribution < 1.29 is 9.47 Å². The van der Waals surface area contributed by atoms with Gasteiger partial charge in [-0.3, -0.25) is 0 Å². The van der Waals surface area contributed by atoms with Crippen molar-refractivity contribution in [1.82, 2.24) is 0 Å². The van der Waals surface area contributed by atoms with Gasteiger partial charge in [0.2, 0.25) is 0 Å². The maximum atomic E-state index is 5.22. The Morgan fingerprint density at radius 2 is 2.70 bits per heavy atom. The Morgan fingerprint density at radius 1 is 1.90 bits per heavy atom. The summed E-state index contributed by atoms with van der Waals surface area (Å²) in [5.41, 5.74) is 0. The van der Waals surface area contributed by atoms with E-state index in [1.165, 1.54) is 0 Å². The van der Waals surface area contributed by atoms with Crippen LogP contribution in [0.15, 0.2) is 24.5 Å². The van der Waals surface area contributed by atoms with Crippen LogP contribution >= 0.6 is 0 Å². The normalized spacial score (nSPS) is 24.9. The van der Waals surface area contributed by atoms with E-state index >= 15 is 0 Å². The van der Waals surface area contributed by atoms with Crippen LogP contribution in [0, 0.1) is 0 Å². The van der Waals surface area contributed by atoms with Gasteiger partial charge in [0, 0.05) is 13.5 Å². The van der Waals surface area contributed by atoms with Gasteiger partial charge in [-0.1, -0.05) is 6.58 Å². The quantitative estimate of drug-likeness (QED) is 0.578. The van der Waals surface area contributed by atoms with Crippen LogP contribution in [0.3, 0.4) is 0 Å². The zero-order chi connectivity index (χ0) is 7.40. The fraction of sp³-hybridized carbons (Fsp3) is 0.500. The van der Waals surface area contributed by atoms with Crippen molar-refractivity contribution in [3.05, 3.63) is 24.5 Å². The van der Waals surface area contributed by atoms with E-state index in [-0.39, 0.29) is 6.10 Å². The first-order chi connectivity index (χ1) is 4.86. The molecule has 10 heavy (non-hydrogen) atoms. The van der Waals surface area contributed by atoms with Gasteiger partial charge in [0.25, 0.3) is 0 Å². The summed E-state index contributed by atoms with van der Waals surface area (Å²) in [6.45, 7) is 4.34. The molecule has 0 fully saturated rings. The summed E-state index contributed by atoms with van der Waals surface area (Å²) < 4.78 is 10.3. The first-order valence-electron chi connectivity index (χ1n) is 3.36. The van der Waals surface area contributed by atoms with Crippen LogP contribution in [0.4, 0.5) is 0 Å². The number of methoxy groups -OCH3 is 1. The highest BCUT2D eigenvalue weighted by molar-refractivity contribution is 5.12. The molecule has 0 spiro atoms. The van der Waals surface area contributed by atoms with E-state index in [0.29, 0.717) is 0 Å². The molecule has 0 aromatic carbocycles. The number of rotatable bonds is 2. The van der Waals surface area contributed by atoms with Crippen LogP contribution in [0.1, 0.15) is 6.42 Å². The van der Waals surface area contributed by atoms with E-state index in [1.807, 2.05) is 6.08 Å². The molecule has 0 aromatic rings. The first-order valence-corrected chi connectivity index (χ1v) is 3.36. The molecule has 1 aliphatic heterocycles. The molecule has 0 saturated heterocycles. The van der Waals surface area contributed by atoms with Gasteiger partial charge in [0.15, 0.2) is 0 Å². The molecular weight excluding hydrogens is 128 g/mol. The van der Waals surface area contributed by atoms with E-state index in [0.717, 1.165) is 18.8 Å². The molecule has 56 valence electrons. The molecule has 0 saturated carbocycles. The third-order valence-corrected chi connectivity index (χ3v) is 1.53. The lowest BCUT2D eigenvalue weighted by Crippen LogP contribution is -2.16. The van der Waals surface area contributed by atoms with Gasteiger partial charge in [-0.25, -0.2) is 0 Å². The average molecular weight is 140 g/mol. The summed E-state index contributed by atoms with van der Waals surface area (Å²) in [5, 5.41) is 0. The molecule has 1 rings (SSSR count). The minimum Gasteiger partial charge on any atom is -0.494 e. The second-order valence-electron chi connectivity index (χ2n) is 2.18. The van der Waals surface area contributed by atoms with Gasteiger partial charge in [-0.15, -0.1) is 0 Å². The maximum absolute atomic E-state index is 5.22. The largest absolute Gasteiger partial charge is 0.494 e. The van der Waals surface area contributed by atoms with Crippen LogP contribution in [-0.2, 0) is 9.47 Å². The van der Waals surface area contributed by atoms with Crippen molar-refractivity contribution >= 4 is 0 Å². The minimum absolute atomic E-state index is 0.210. The zero-order valence-corrected chi connectivity index (χ0v) is 6.17. The number of hydrogen-bond donors (Lipinski definition) is 0. The Balaban J connectivity index is 2.56. The molecule has 2 heteroatoms. The van der Waals surface area contributed by atoms with E-state index < -0.39 is 0 Å². The molecule has 1 atom stereocenters. The predicted octanol–water partition coefficient (Wildman–Crippen LogP) is 1.49. The fourth-order valence-corrected chi connectivity index (χ4v) is 0.920. The van der Waals surface area contributed by atoms with Crippen molar-refractivity contribution in [3.8, 4) is 0 Å². The van der Waals surface area contributed by atoms with Crippen LogP contribution in [0.25, 0.3) is 0 Å². The topological polar surface area (TPSA) is 18.5 Å². The van der Waals surface area contributed by atoms with Crippen molar-refractivity contribution in [2.75, 3.05) is 13.7 Å². The van der Waals surface area contributed by atoms with Gasteiger partial charge >= 0.3 is 0 Å². The molecule has 0 aromatic heterocycles. The van der Waals surface area contributed by atoms with E-state index in [9.17, 15) is 0 Å². The van der Waals surface area contributed by atoms with Crippen LogP contribution < -0.4 is 0 Å². The number of allylic oxidation sites excluding steroid dienone is 1. The van der Waals surface area contributed by atoms with E-state index in [2.05, 4.69) is 6.58 Å². The van der Waals surface area contributed by atoms with Crippen molar-refractivity contribution in [1.29, 1.82) is 0 Å². The molecule has 0 aliphatic carbocycles. The molecule has 0 bridgehead atoms. The average Bonchev–Trinajstić information content (AvgIpc) is 2.05. The summed E-state index contributed by atoms with van der Waals surface area (Å²) in [7, 11) is 1.70.